The minimum Gasteiger partial charge on any atom is -0.371 e. The zero-order valence-corrected chi connectivity index (χ0v) is 20.0. The number of hydrogen-bond donors (Lipinski definition) is 1. The summed E-state index contributed by atoms with van der Waals surface area (Å²) in [6.45, 7) is 9.42. The van der Waals surface area contributed by atoms with E-state index in [0.29, 0.717) is 24.6 Å². The van der Waals surface area contributed by atoms with Crippen LogP contribution in [0.5, 0.6) is 0 Å². The second-order valence-electron chi connectivity index (χ2n) is 9.13. The Hall–Kier alpha value is -1.96. The monoisotopic (exact) mass is 470 g/mol. The van der Waals surface area contributed by atoms with Crippen LogP contribution in [0.1, 0.15) is 63.5 Å². The van der Waals surface area contributed by atoms with Crippen LogP contribution in [0.2, 0.25) is 0 Å². The molecule has 1 saturated carbocycles. The number of aliphatic imine (C=N–C) groups is 2. The van der Waals surface area contributed by atoms with E-state index < -0.39 is 24.1 Å². The van der Waals surface area contributed by atoms with Crippen molar-refractivity contribution in [1.82, 2.24) is 10.2 Å². The summed E-state index contributed by atoms with van der Waals surface area (Å²) in [5, 5.41) is 3.20. The van der Waals surface area contributed by atoms with Crippen LogP contribution >= 0.6 is 0 Å². The standard InChI is InChI=1S/C25H38F4N4/c1-5-6-15-33(17-20-11-13-21(14-12-20)25(27,28)29)24(31-4)22(26)23(30-3)32-16-19-9-7-18(2)8-10-19/h11-14,18-19,22,24H,4-10,15-17H2,1-3H3,(H,30,32). The van der Waals surface area contributed by atoms with Gasteiger partial charge in [0.2, 0.25) is 0 Å². The molecule has 33 heavy (non-hydrogen) atoms. The number of nitrogens with one attached hydrogen (secondary N) is 1. The first-order valence-corrected chi connectivity index (χ1v) is 11.9. The molecule has 1 aromatic carbocycles. The highest BCUT2D eigenvalue weighted by Gasteiger charge is 2.32. The molecular weight excluding hydrogens is 432 g/mol. The average molecular weight is 471 g/mol. The number of rotatable bonds is 11. The van der Waals surface area contributed by atoms with Gasteiger partial charge in [0.15, 0.2) is 6.17 Å². The second-order valence-corrected chi connectivity index (χ2v) is 9.13. The van der Waals surface area contributed by atoms with Crippen molar-refractivity contribution < 1.29 is 17.6 Å². The highest BCUT2D eigenvalue weighted by Crippen LogP contribution is 2.30. The van der Waals surface area contributed by atoms with Gasteiger partial charge >= 0.3 is 6.18 Å². The SMILES string of the molecule is C=NC(C(F)C(=NC)NCC1CCC(C)CC1)N(CCCC)Cc1ccc(C(F)(F)F)cc1. The van der Waals surface area contributed by atoms with Gasteiger partial charge in [0.05, 0.1) is 5.56 Å². The molecular formula is C25H38F4N4. The fourth-order valence-electron chi connectivity index (χ4n) is 4.32. The number of nitrogens with zero attached hydrogens (tertiary/aromatic N) is 3. The smallest absolute Gasteiger partial charge is 0.371 e. The number of alkyl halides is 4. The number of hydrogen-bond acceptors (Lipinski definition) is 3. The van der Waals surface area contributed by atoms with Crippen LogP contribution in [-0.2, 0) is 12.7 Å². The third-order valence-corrected chi connectivity index (χ3v) is 6.50. The van der Waals surface area contributed by atoms with Gasteiger partial charge in [-0.25, -0.2) is 4.39 Å². The fourth-order valence-corrected chi connectivity index (χ4v) is 4.32. The molecule has 1 aliphatic carbocycles. The third-order valence-electron chi connectivity index (χ3n) is 6.50. The third kappa shape index (κ3) is 8.40. The summed E-state index contributed by atoms with van der Waals surface area (Å²) < 4.78 is 54.3. The molecule has 186 valence electrons. The van der Waals surface area contributed by atoms with E-state index in [1.807, 2.05) is 11.8 Å². The summed E-state index contributed by atoms with van der Waals surface area (Å²) in [4.78, 5) is 10.1. The van der Waals surface area contributed by atoms with Crippen LogP contribution in [0.15, 0.2) is 34.3 Å². The highest BCUT2D eigenvalue weighted by atomic mass is 19.4. The van der Waals surface area contributed by atoms with Gasteiger partial charge in [0.1, 0.15) is 12.0 Å². The van der Waals surface area contributed by atoms with E-state index >= 15 is 4.39 Å². The molecule has 4 nitrogen and oxygen atoms in total. The second kappa shape index (κ2) is 13.1. The molecule has 0 aliphatic heterocycles. The number of benzene rings is 1. The molecule has 1 aromatic rings. The molecule has 2 unspecified atom stereocenters. The minimum atomic E-state index is -4.38. The Morgan fingerprint density at radius 2 is 1.82 bits per heavy atom. The van der Waals surface area contributed by atoms with Crippen LogP contribution in [0.25, 0.3) is 0 Å². The Balaban J connectivity index is 2.08. The lowest BCUT2D eigenvalue weighted by molar-refractivity contribution is -0.137. The molecule has 1 aliphatic rings. The van der Waals surface area contributed by atoms with Crippen LogP contribution < -0.4 is 5.32 Å². The van der Waals surface area contributed by atoms with E-state index in [2.05, 4.69) is 28.9 Å². The van der Waals surface area contributed by atoms with Crippen LogP contribution in [-0.4, -0.2) is 49.9 Å². The summed E-state index contributed by atoms with van der Waals surface area (Å²) >= 11 is 0. The normalized spacial score (nSPS) is 21.6. The van der Waals surface area contributed by atoms with Crippen LogP contribution in [0.4, 0.5) is 17.6 Å². The zero-order valence-electron chi connectivity index (χ0n) is 20.0. The number of halogens is 4. The van der Waals surface area contributed by atoms with Crippen LogP contribution in [0, 0.1) is 11.8 Å². The van der Waals surface area contributed by atoms with Crippen molar-refractivity contribution in [3.05, 3.63) is 35.4 Å². The van der Waals surface area contributed by atoms with Gasteiger partial charge in [-0.1, -0.05) is 45.2 Å². The molecule has 0 saturated heterocycles. The fraction of sp³-hybridized carbons (Fsp3) is 0.680. The van der Waals surface area contributed by atoms with Gasteiger partial charge in [-0.2, -0.15) is 13.2 Å². The topological polar surface area (TPSA) is 40.0 Å². The van der Waals surface area contributed by atoms with Crippen molar-refractivity contribution >= 4 is 12.6 Å². The Kier molecular flexibility index (Phi) is 10.8. The zero-order chi connectivity index (χ0) is 24.4. The summed E-state index contributed by atoms with van der Waals surface area (Å²) in [5.74, 6) is 1.50. The molecule has 0 aromatic heterocycles. The Labute approximate surface area is 195 Å². The summed E-state index contributed by atoms with van der Waals surface area (Å²) in [7, 11) is 1.56. The molecule has 0 amide bonds. The Bertz CT molecular complexity index is 740. The lowest BCUT2D eigenvalue weighted by Gasteiger charge is -2.32. The van der Waals surface area contributed by atoms with E-state index in [9.17, 15) is 13.2 Å². The first-order chi connectivity index (χ1) is 15.7. The van der Waals surface area contributed by atoms with Gasteiger partial charge in [0, 0.05) is 26.7 Å². The van der Waals surface area contributed by atoms with Crippen molar-refractivity contribution in [1.29, 1.82) is 0 Å². The number of amidine groups is 1. The van der Waals surface area contributed by atoms with Crippen molar-refractivity contribution in [3.63, 3.8) is 0 Å². The predicted octanol–water partition coefficient (Wildman–Crippen LogP) is 6.12. The minimum absolute atomic E-state index is 0.250. The van der Waals surface area contributed by atoms with E-state index in [4.69, 9.17) is 0 Å². The first-order valence-electron chi connectivity index (χ1n) is 11.9. The molecule has 2 atom stereocenters. The summed E-state index contributed by atoms with van der Waals surface area (Å²) in [6.07, 6.45) is -0.410. The Morgan fingerprint density at radius 1 is 1.18 bits per heavy atom. The highest BCUT2D eigenvalue weighted by molar-refractivity contribution is 5.87. The van der Waals surface area contributed by atoms with E-state index in [-0.39, 0.29) is 12.4 Å². The Morgan fingerprint density at radius 3 is 2.33 bits per heavy atom. The summed E-state index contributed by atoms with van der Waals surface area (Å²) in [5.41, 5.74) is -0.0333. The largest absolute Gasteiger partial charge is 0.416 e. The summed E-state index contributed by atoms with van der Waals surface area (Å²) in [6, 6.07) is 4.99. The first kappa shape index (κ1) is 27.3. The maximum atomic E-state index is 15.6. The van der Waals surface area contributed by atoms with E-state index in [0.717, 1.165) is 43.7 Å². The molecule has 8 heteroatoms. The molecule has 0 heterocycles. The quantitative estimate of drug-likeness (QED) is 0.241. The van der Waals surface area contributed by atoms with Gasteiger partial charge in [-0.3, -0.25) is 14.9 Å². The predicted molar refractivity (Wildman–Crippen MR) is 127 cm³/mol. The molecule has 0 bridgehead atoms. The van der Waals surface area contributed by atoms with E-state index in [1.165, 1.54) is 25.0 Å². The molecule has 1 N–H and O–H groups in total. The molecule has 0 spiro atoms. The molecule has 0 radical (unpaired) electrons. The maximum Gasteiger partial charge on any atom is 0.416 e. The van der Waals surface area contributed by atoms with Crippen molar-refractivity contribution in [2.45, 2.75) is 77.4 Å². The van der Waals surface area contributed by atoms with Crippen molar-refractivity contribution in [3.8, 4) is 0 Å². The molecule has 1 fully saturated rings. The van der Waals surface area contributed by atoms with Gasteiger partial charge < -0.3 is 5.32 Å². The van der Waals surface area contributed by atoms with Gasteiger partial charge in [-0.05, 0) is 55.5 Å². The average Bonchev–Trinajstić information content (AvgIpc) is 2.79. The lowest BCUT2D eigenvalue weighted by atomic mass is 9.83. The van der Waals surface area contributed by atoms with E-state index in [1.54, 1.807) is 7.05 Å². The lowest BCUT2D eigenvalue weighted by Crippen LogP contribution is -2.48. The van der Waals surface area contributed by atoms with Gasteiger partial charge in [-0.15, -0.1) is 0 Å². The molecule has 2 rings (SSSR count). The van der Waals surface area contributed by atoms with Crippen molar-refractivity contribution in [2.24, 2.45) is 21.8 Å². The van der Waals surface area contributed by atoms with Crippen LogP contribution in [0.3, 0.4) is 0 Å². The maximum absolute atomic E-state index is 15.6. The number of unbranched alkanes of at least 4 members (excludes halogenated alkanes) is 1. The van der Waals surface area contributed by atoms with Crippen molar-refractivity contribution in [2.75, 3.05) is 20.1 Å². The van der Waals surface area contributed by atoms with Gasteiger partial charge in [0.25, 0.3) is 0 Å².